The molecule has 2 saturated heterocycles. The van der Waals surface area contributed by atoms with E-state index < -0.39 is 11.5 Å². The summed E-state index contributed by atoms with van der Waals surface area (Å²) < 4.78 is 0. The molecule has 0 aromatic heterocycles. The summed E-state index contributed by atoms with van der Waals surface area (Å²) >= 11 is 25.2. The molecular weight excluding hydrogens is 552 g/mol. The van der Waals surface area contributed by atoms with Crippen LogP contribution in [0.2, 0.25) is 20.1 Å². The molecule has 3 aliphatic rings. The quantitative estimate of drug-likeness (QED) is 0.426. The van der Waals surface area contributed by atoms with Gasteiger partial charge in [-0.15, -0.1) is 0 Å². The topological polar surface area (TPSA) is 52.6 Å². The molecule has 37 heavy (non-hydrogen) atoms. The summed E-state index contributed by atoms with van der Waals surface area (Å²) in [7, 11) is 4.20. The summed E-state index contributed by atoms with van der Waals surface area (Å²) in [4.78, 5) is 32.2. The van der Waals surface area contributed by atoms with Crippen LogP contribution in [0, 0.1) is 0 Å². The molecule has 3 fully saturated rings. The number of piperidine rings is 1. The number of halogens is 4. The third kappa shape index (κ3) is 5.35. The fourth-order valence-corrected chi connectivity index (χ4v) is 7.21. The minimum atomic E-state index is -0.749. The zero-order chi connectivity index (χ0) is 26.5. The van der Waals surface area contributed by atoms with Crippen molar-refractivity contribution in [2.24, 2.45) is 0 Å². The van der Waals surface area contributed by atoms with Gasteiger partial charge in [0.2, 0.25) is 11.8 Å². The molecular formula is C28H31Cl4N3O2. The molecule has 0 spiro atoms. The molecule has 1 saturated carbocycles. The molecule has 2 aromatic rings. The number of hydrogen-bond acceptors (Lipinski definition) is 3. The zero-order valence-corrected chi connectivity index (χ0v) is 24.0. The van der Waals surface area contributed by atoms with Gasteiger partial charge in [-0.3, -0.25) is 9.59 Å². The molecule has 1 N–H and O–H groups in total. The third-order valence-corrected chi connectivity index (χ3v) is 9.50. The van der Waals surface area contributed by atoms with Gasteiger partial charge in [-0.2, -0.15) is 0 Å². The SMILES string of the molecule is CN(C)C1CC2CCC(C1)N2C(=O)[C@H](Cc1ccc(Cl)cc1Cl)NC(=O)C1(c2ccc(Cl)cc2Cl)CC1. The lowest BCUT2D eigenvalue weighted by atomic mass is 9.92. The largest absolute Gasteiger partial charge is 0.343 e. The number of hydrogen-bond donors (Lipinski definition) is 1. The molecule has 5 nitrogen and oxygen atoms in total. The summed E-state index contributed by atoms with van der Waals surface area (Å²) in [5, 5.41) is 5.12. The van der Waals surface area contributed by atoms with Crippen LogP contribution < -0.4 is 5.32 Å². The van der Waals surface area contributed by atoms with Crippen LogP contribution in [0.1, 0.15) is 49.7 Å². The lowest BCUT2D eigenvalue weighted by molar-refractivity contribution is -0.141. The first kappa shape index (κ1) is 27.1. The Hall–Kier alpha value is -1.50. The van der Waals surface area contributed by atoms with Crippen LogP contribution >= 0.6 is 46.4 Å². The molecule has 2 bridgehead atoms. The van der Waals surface area contributed by atoms with Crippen molar-refractivity contribution < 1.29 is 9.59 Å². The Morgan fingerprint density at radius 3 is 2.11 bits per heavy atom. The van der Waals surface area contributed by atoms with E-state index in [1.807, 2.05) is 17.0 Å². The van der Waals surface area contributed by atoms with Crippen molar-refractivity contribution in [2.75, 3.05) is 14.1 Å². The molecule has 3 atom stereocenters. The molecule has 198 valence electrons. The average molecular weight is 583 g/mol. The number of amides is 2. The van der Waals surface area contributed by atoms with E-state index >= 15 is 0 Å². The lowest BCUT2D eigenvalue weighted by Crippen LogP contribution is -2.58. The van der Waals surface area contributed by atoms with E-state index in [0.29, 0.717) is 39.0 Å². The summed E-state index contributed by atoms with van der Waals surface area (Å²) in [6.07, 6.45) is 5.51. The smallest absolute Gasteiger partial charge is 0.245 e. The van der Waals surface area contributed by atoms with E-state index in [0.717, 1.165) is 36.8 Å². The van der Waals surface area contributed by atoms with Crippen LogP contribution in [0.5, 0.6) is 0 Å². The molecule has 2 aliphatic heterocycles. The molecule has 9 heteroatoms. The minimum absolute atomic E-state index is 0.0397. The Kier molecular flexibility index (Phi) is 7.74. The molecule has 0 radical (unpaired) electrons. The van der Waals surface area contributed by atoms with Crippen molar-refractivity contribution in [1.82, 2.24) is 15.1 Å². The Labute approximate surface area is 238 Å². The van der Waals surface area contributed by atoms with Crippen LogP contribution in [-0.4, -0.2) is 59.9 Å². The fourth-order valence-electron chi connectivity index (χ4n) is 6.13. The number of nitrogens with one attached hydrogen (secondary N) is 1. The van der Waals surface area contributed by atoms with Gasteiger partial charge in [0.25, 0.3) is 0 Å². The molecule has 2 heterocycles. The maximum absolute atomic E-state index is 14.1. The summed E-state index contributed by atoms with van der Waals surface area (Å²) in [5.41, 5.74) is 0.772. The first-order valence-electron chi connectivity index (χ1n) is 12.8. The minimum Gasteiger partial charge on any atom is -0.343 e. The summed E-state index contributed by atoms with van der Waals surface area (Å²) in [5.74, 6) is -0.224. The molecule has 5 rings (SSSR count). The van der Waals surface area contributed by atoms with Crippen molar-refractivity contribution in [1.29, 1.82) is 0 Å². The van der Waals surface area contributed by atoms with Gasteiger partial charge in [0, 0.05) is 44.6 Å². The van der Waals surface area contributed by atoms with Crippen molar-refractivity contribution >= 4 is 58.2 Å². The lowest BCUT2D eigenvalue weighted by Gasteiger charge is -2.42. The van der Waals surface area contributed by atoms with E-state index in [2.05, 4.69) is 24.3 Å². The average Bonchev–Trinajstić information content (AvgIpc) is 3.60. The molecule has 2 unspecified atom stereocenters. The predicted molar refractivity (Wildman–Crippen MR) is 150 cm³/mol. The van der Waals surface area contributed by atoms with E-state index in [-0.39, 0.29) is 30.3 Å². The van der Waals surface area contributed by atoms with Crippen molar-refractivity contribution in [3.63, 3.8) is 0 Å². The number of benzene rings is 2. The Morgan fingerprint density at radius 2 is 1.57 bits per heavy atom. The maximum Gasteiger partial charge on any atom is 0.245 e. The second kappa shape index (κ2) is 10.6. The van der Waals surface area contributed by atoms with Crippen molar-refractivity contribution in [3.8, 4) is 0 Å². The zero-order valence-electron chi connectivity index (χ0n) is 20.9. The second-order valence-corrected chi connectivity index (χ2v) is 12.6. The molecule has 2 aromatic carbocycles. The van der Waals surface area contributed by atoms with Crippen molar-refractivity contribution in [3.05, 3.63) is 67.6 Å². The number of nitrogens with zero attached hydrogens (tertiary/aromatic N) is 2. The van der Waals surface area contributed by atoms with E-state index in [1.54, 1.807) is 24.3 Å². The van der Waals surface area contributed by atoms with Gasteiger partial charge in [-0.05, 0) is 88.0 Å². The normalized spacial score (nSPS) is 24.7. The van der Waals surface area contributed by atoms with E-state index in [9.17, 15) is 9.59 Å². The van der Waals surface area contributed by atoms with Crippen LogP contribution in [0.15, 0.2) is 36.4 Å². The van der Waals surface area contributed by atoms with Gasteiger partial charge >= 0.3 is 0 Å². The summed E-state index contributed by atoms with van der Waals surface area (Å²) in [6.45, 7) is 0. The Bertz CT molecular complexity index is 1200. The Balaban J connectivity index is 1.42. The number of carbonyl (C=O) groups is 2. The summed E-state index contributed by atoms with van der Waals surface area (Å²) in [6, 6.07) is 10.6. The van der Waals surface area contributed by atoms with E-state index in [1.165, 1.54) is 0 Å². The highest BCUT2D eigenvalue weighted by Crippen LogP contribution is 2.51. The predicted octanol–water partition coefficient (Wildman–Crippen LogP) is 6.14. The van der Waals surface area contributed by atoms with E-state index in [4.69, 9.17) is 46.4 Å². The van der Waals surface area contributed by atoms with Crippen LogP contribution in [0.25, 0.3) is 0 Å². The van der Waals surface area contributed by atoms with Gasteiger partial charge in [0.15, 0.2) is 0 Å². The number of fused-ring (bicyclic) bond motifs is 2. The van der Waals surface area contributed by atoms with Gasteiger partial charge < -0.3 is 15.1 Å². The highest BCUT2D eigenvalue weighted by Gasteiger charge is 2.54. The van der Waals surface area contributed by atoms with Crippen molar-refractivity contribution in [2.45, 2.75) is 74.5 Å². The third-order valence-electron chi connectivity index (χ3n) is 8.37. The highest BCUT2D eigenvalue weighted by atomic mass is 35.5. The standard InChI is InChI=1S/C28H31Cl4N3O2/c1-34(2)21-14-19-6-7-20(15-21)35(19)26(36)25(11-16-3-4-17(29)12-23(16)31)33-27(37)28(9-10-28)22-8-5-18(30)13-24(22)32/h3-5,8,12-13,19-21,25H,6-7,9-11,14-15H2,1-2H3,(H,33,37)/t19?,20?,21?,25-/m0/s1. The first-order chi connectivity index (χ1) is 17.6. The second-order valence-electron chi connectivity index (χ2n) is 10.9. The van der Waals surface area contributed by atoms with Gasteiger partial charge in [0.1, 0.15) is 6.04 Å². The van der Waals surface area contributed by atoms with Gasteiger partial charge in [0.05, 0.1) is 5.41 Å². The number of carbonyl (C=O) groups excluding carboxylic acids is 2. The van der Waals surface area contributed by atoms with Gasteiger partial charge in [-0.25, -0.2) is 0 Å². The highest BCUT2D eigenvalue weighted by molar-refractivity contribution is 6.35. The monoisotopic (exact) mass is 581 g/mol. The van der Waals surface area contributed by atoms with Crippen LogP contribution in [0.4, 0.5) is 0 Å². The first-order valence-corrected chi connectivity index (χ1v) is 14.3. The Morgan fingerprint density at radius 1 is 0.973 bits per heavy atom. The number of rotatable bonds is 7. The van der Waals surface area contributed by atoms with Gasteiger partial charge in [-0.1, -0.05) is 58.5 Å². The molecule has 2 amide bonds. The maximum atomic E-state index is 14.1. The van der Waals surface area contributed by atoms with Crippen LogP contribution in [-0.2, 0) is 21.4 Å². The van der Waals surface area contributed by atoms with Crippen LogP contribution in [0.3, 0.4) is 0 Å². The molecule has 1 aliphatic carbocycles. The fraction of sp³-hybridized carbons (Fsp3) is 0.500.